The summed E-state index contributed by atoms with van der Waals surface area (Å²) in [5, 5.41) is 0. The van der Waals surface area contributed by atoms with Crippen LogP contribution >= 0.6 is 0 Å². The van der Waals surface area contributed by atoms with Gasteiger partial charge in [0.2, 0.25) is 8.32 Å². The van der Waals surface area contributed by atoms with Gasteiger partial charge in [-0.1, -0.05) is 33.6 Å². The maximum absolute atomic E-state index is 6.04. The van der Waals surface area contributed by atoms with Crippen LogP contribution in [0.25, 0.3) is 0 Å². The molecule has 0 spiro atoms. The topological polar surface area (TPSA) is 9.23 Å². The van der Waals surface area contributed by atoms with Gasteiger partial charge < -0.3 is 4.43 Å². The highest BCUT2D eigenvalue weighted by Gasteiger charge is 2.17. The van der Waals surface area contributed by atoms with Gasteiger partial charge in [0, 0.05) is 6.42 Å². The van der Waals surface area contributed by atoms with Crippen LogP contribution in [0.5, 0.6) is 0 Å². The third-order valence-electron chi connectivity index (χ3n) is 2.27. The first-order valence-corrected chi connectivity index (χ1v) is 9.69. The predicted molar refractivity (Wildman–Crippen MR) is 71.5 cm³/mol. The fraction of sp³-hybridized carbons (Fsp3) is 0.846. The molecule has 0 aliphatic rings. The van der Waals surface area contributed by atoms with Gasteiger partial charge in [0.1, 0.15) is 0 Å². The van der Waals surface area contributed by atoms with Crippen molar-refractivity contribution in [2.45, 2.75) is 66.1 Å². The van der Waals surface area contributed by atoms with E-state index in [1.165, 1.54) is 25.0 Å². The Balaban J connectivity index is 4.19. The molecule has 0 radical (unpaired) electrons. The van der Waals surface area contributed by atoms with E-state index in [4.69, 9.17) is 4.43 Å². The van der Waals surface area contributed by atoms with Crippen molar-refractivity contribution in [1.82, 2.24) is 0 Å². The average Bonchev–Trinajstić information content (AvgIpc) is 2.11. The summed E-state index contributed by atoms with van der Waals surface area (Å²) < 4.78 is 6.04. The summed E-state index contributed by atoms with van der Waals surface area (Å²) in [4.78, 5) is 0. The van der Waals surface area contributed by atoms with Crippen molar-refractivity contribution in [3.63, 3.8) is 0 Å². The van der Waals surface area contributed by atoms with Gasteiger partial charge in [0.25, 0.3) is 0 Å². The van der Waals surface area contributed by atoms with E-state index in [2.05, 4.69) is 46.5 Å². The standard InChI is InChI=1S/C13H28OSi/c1-7-9-10-12(3)11-13(8-2)14-15(4,5)6/h11-12H,7-10H2,1-6H3/b13-11+. The summed E-state index contributed by atoms with van der Waals surface area (Å²) in [6, 6.07) is 0. The summed E-state index contributed by atoms with van der Waals surface area (Å²) in [6.07, 6.45) is 7.25. The van der Waals surface area contributed by atoms with E-state index in [9.17, 15) is 0 Å². The van der Waals surface area contributed by atoms with E-state index in [0.29, 0.717) is 5.92 Å². The quantitative estimate of drug-likeness (QED) is 0.442. The van der Waals surface area contributed by atoms with Crippen molar-refractivity contribution in [2.75, 3.05) is 0 Å². The lowest BCUT2D eigenvalue weighted by Gasteiger charge is -2.22. The molecule has 1 unspecified atom stereocenters. The molecule has 1 atom stereocenters. The molecule has 0 aliphatic heterocycles. The van der Waals surface area contributed by atoms with Crippen molar-refractivity contribution in [3.05, 3.63) is 11.8 Å². The highest BCUT2D eigenvalue weighted by atomic mass is 28.4. The SMILES string of the molecule is CCCCC(C)/C=C(\CC)O[Si](C)(C)C. The van der Waals surface area contributed by atoms with Crippen LogP contribution in [0.2, 0.25) is 19.6 Å². The molecule has 0 N–H and O–H groups in total. The number of allylic oxidation sites excluding steroid dienone is 2. The van der Waals surface area contributed by atoms with Gasteiger partial charge >= 0.3 is 0 Å². The first-order valence-electron chi connectivity index (χ1n) is 6.28. The minimum atomic E-state index is -1.41. The van der Waals surface area contributed by atoms with E-state index in [-0.39, 0.29) is 0 Å². The molecule has 0 rings (SSSR count). The van der Waals surface area contributed by atoms with Crippen molar-refractivity contribution >= 4 is 8.32 Å². The van der Waals surface area contributed by atoms with Gasteiger partial charge in [0.05, 0.1) is 5.76 Å². The van der Waals surface area contributed by atoms with E-state index in [1.807, 2.05) is 0 Å². The molecule has 0 heterocycles. The number of hydrogen-bond acceptors (Lipinski definition) is 1. The Bertz CT molecular complexity index is 191. The van der Waals surface area contributed by atoms with Gasteiger partial charge in [-0.3, -0.25) is 0 Å². The molecule has 90 valence electrons. The van der Waals surface area contributed by atoms with Crippen molar-refractivity contribution < 1.29 is 4.43 Å². The molecule has 0 bridgehead atoms. The maximum Gasteiger partial charge on any atom is 0.241 e. The molecule has 0 amide bonds. The first kappa shape index (κ1) is 14.8. The number of unbranched alkanes of at least 4 members (excludes halogenated alkanes) is 1. The second kappa shape index (κ2) is 7.10. The molecule has 0 aliphatic carbocycles. The lowest BCUT2D eigenvalue weighted by molar-refractivity contribution is 0.395. The van der Waals surface area contributed by atoms with E-state index in [1.54, 1.807) is 0 Å². The van der Waals surface area contributed by atoms with Gasteiger partial charge in [-0.15, -0.1) is 0 Å². The van der Waals surface area contributed by atoms with Gasteiger partial charge in [-0.05, 0) is 38.1 Å². The minimum absolute atomic E-state index is 0.663. The molecule has 0 saturated carbocycles. The molecule has 2 heteroatoms. The van der Waals surface area contributed by atoms with Gasteiger partial charge in [0.15, 0.2) is 0 Å². The Morgan fingerprint density at radius 2 is 1.87 bits per heavy atom. The second-order valence-electron chi connectivity index (χ2n) is 5.32. The van der Waals surface area contributed by atoms with Crippen LogP contribution < -0.4 is 0 Å². The van der Waals surface area contributed by atoms with E-state index >= 15 is 0 Å². The Morgan fingerprint density at radius 1 is 1.27 bits per heavy atom. The molecule has 15 heavy (non-hydrogen) atoms. The van der Waals surface area contributed by atoms with E-state index in [0.717, 1.165) is 6.42 Å². The molecule has 0 aromatic rings. The van der Waals surface area contributed by atoms with Crippen LogP contribution in [0.3, 0.4) is 0 Å². The Kier molecular flexibility index (Phi) is 6.99. The first-order chi connectivity index (χ1) is 6.89. The van der Waals surface area contributed by atoms with Crippen molar-refractivity contribution in [1.29, 1.82) is 0 Å². The summed E-state index contributed by atoms with van der Waals surface area (Å²) in [5.74, 6) is 1.87. The monoisotopic (exact) mass is 228 g/mol. The molecule has 0 saturated heterocycles. The summed E-state index contributed by atoms with van der Waals surface area (Å²) in [5.41, 5.74) is 0. The fourth-order valence-electron chi connectivity index (χ4n) is 1.54. The Morgan fingerprint density at radius 3 is 2.27 bits per heavy atom. The second-order valence-corrected chi connectivity index (χ2v) is 9.75. The molecule has 0 fully saturated rings. The highest BCUT2D eigenvalue weighted by Crippen LogP contribution is 2.18. The fourth-order valence-corrected chi connectivity index (χ4v) is 2.54. The van der Waals surface area contributed by atoms with Crippen molar-refractivity contribution in [2.24, 2.45) is 5.92 Å². The smallest absolute Gasteiger partial charge is 0.241 e. The van der Waals surface area contributed by atoms with Gasteiger partial charge in [-0.25, -0.2) is 0 Å². The normalized spacial score (nSPS) is 15.2. The largest absolute Gasteiger partial charge is 0.548 e. The van der Waals surface area contributed by atoms with Crippen LogP contribution in [0.15, 0.2) is 11.8 Å². The summed E-state index contributed by atoms with van der Waals surface area (Å²) in [7, 11) is -1.41. The lowest BCUT2D eigenvalue weighted by atomic mass is 10.0. The number of hydrogen-bond donors (Lipinski definition) is 0. The van der Waals surface area contributed by atoms with Crippen molar-refractivity contribution in [3.8, 4) is 0 Å². The highest BCUT2D eigenvalue weighted by molar-refractivity contribution is 6.70. The molecule has 0 aromatic carbocycles. The van der Waals surface area contributed by atoms with Crippen LogP contribution in [0.1, 0.15) is 46.5 Å². The average molecular weight is 228 g/mol. The van der Waals surface area contributed by atoms with Crippen LogP contribution in [-0.2, 0) is 4.43 Å². The zero-order valence-electron chi connectivity index (χ0n) is 11.4. The summed E-state index contributed by atoms with van der Waals surface area (Å²) in [6.45, 7) is 13.4. The molecule has 1 nitrogen and oxygen atoms in total. The van der Waals surface area contributed by atoms with Crippen LogP contribution in [0.4, 0.5) is 0 Å². The molecule has 0 aromatic heterocycles. The third kappa shape index (κ3) is 8.73. The zero-order valence-corrected chi connectivity index (χ0v) is 12.4. The third-order valence-corrected chi connectivity index (χ3v) is 3.14. The zero-order chi connectivity index (χ0) is 11.9. The van der Waals surface area contributed by atoms with Crippen LogP contribution in [0, 0.1) is 5.92 Å². The maximum atomic E-state index is 6.04. The van der Waals surface area contributed by atoms with E-state index < -0.39 is 8.32 Å². The molecular weight excluding hydrogens is 200 g/mol. The van der Waals surface area contributed by atoms with Gasteiger partial charge in [-0.2, -0.15) is 0 Å². The number of rotatable bonds is 7. The van der Waals surface area contributed by atoms with Crippen LogP contribution in [-0.4, -0.2) is 8.32 Å². The Labute approximate surface area is 97.0 Å². The summed E-state index contributed by atoms with van der Waals surface area (Å²) >= 11 is 0. The minimum Gasteiger partial charge on any atom is -0.548 e. The lowest BCUT2D eigenvalue weighted by Crippen LogP contribution is -2.24. The predicted octanol–water partition coefficient (Wildman–Crippen LogP) is 4.96. The Hall–Kier alpha value is -0.243. The molecular formula is C13H28OSi.